The fourth-order valence-corrected chi connectivity index (χ4v) is 6.49. The second kappa shape index (κ2) is 14.2. The largest absolute Gasteiger partial charge is 0.494 e. The van der Waals surface area contributed by atoms with Crippen LogP contribution in [0, 0.1) is 17.5 Å². The number of nitrogens with zero attached hydrogens (tertiary/aromatic N) is 6. The third-order valence-corrected chi connectivity index (χ3v) is 9.09. The first kappa shape index (κ1) is 32.5. The maximum Gasteiger partial charge on any atom is 0.247 e. The van der Waals surface area contributed by atoms with E-state index < -0.39 is 23.5 Å². The molecule has 0 bridgehead atoms. The summed E-state index contributed by atoms with van der Waals surface area (Å²) in [5, 5.41) is 7.55. The second-order valence-corrected chi connectivity index (χ2v) is 11.9. The zero-order valence-corrected chi connectivity index (χ0v) is 26.5. The van der Waals surface area contributed by atoms with Gasteiger partial charge in [0.15, 0.2) is 23.3 Å². The number of piperidine rings is 1. The molecule has 6 rings (SSSR count). The van der Waals surface area contributed by atoms with E-state index in [4.69, 9.17) is 9.57 Å². The van der Waals surface area contributed by atoms with Gasteiger partial charge < -0.3 is 25.2 Å². The number of rotatable bonds is 9. The predicted molar refractivity (Wildman–Crippen MR) is 174 cm³/mol. The number of carbonyl (C=O) groups is 1. The summed E-state index contributed by atoms with van der Waals surface area (Å²) in [5.41, 5.74) is 1.91. The smallest absolute Gasteiger partial charge is 0.247 e. The Hall–Kier alpha value is -4.40. The van der Waals surface area contributed by atoms with Crippen LogP contribution in [-0.4, -0.2) is 91.7 Å². The molecule has 1 atom stereocenters. The highest BCUT2D eigenvalue weighted by Gasteiger charge is 2.33. The molecule has 3 aliphatic rings. The van der Waals surface area contributed by atoms with E-state index in [2.05, 4.69) is 48.9 Å². The van der Waals surface area contributed by atoms with Crippen molar-refractivity contribution in [3.63, 3.8) is 0 Å². The number of aromatic nitrogens is 2. The van der Waals surface area contributed by atoms with Gasteiger partial charge >= 0.3 is 0 Å². The summed E-state index contributed by atoms with van der Waals surface area (Å²) >= 11 is 0. The summed E-state index contributed by atoms with van der Waals surface area (Å²) < 4.78 is 48.1. The molecule has 1 amide bonds. The molecule has 3 aromatic rings. The van der Waals surface area contributed by atoms with Gasteiger partial charge in [-0.25, -0.2) is 28.2 Å². The Bertz CT molecular complexity index is 1610. The monoisotopic (exact) mass is 652 g/mol. The number of piperazine rings is 1. The van der Waals surface area contributed by atoms with E-state index in [-0.39, 0.29) is 23.9 Å². The van der Waals surface area contributed by atoms with Gasteiger partial charge in [-0.05, 0) is 38.1 Å². The Morgan fingerprint density at radius 2 is 1.77 bits per heavy atom. The standard InChI is InChI=1S/C33H39F3N8O3/c1-4-31(45)40-24-17-25(28(46-3)18-27(24)43-10-7-21(8-11-43)42-14-12-41(2)13-15-42)39-29-19-30(38-20-37-29)44-26(9-16-47-44)22-5-6-23(34)33(36)32(22)35/h4-6,17-21,26H,1,7-16H2,2-3H3,(H,40,45)(H,37,38,39). The van der Waals surface area contributed by atoms with Crippen LogP contribution in [0.5, 0.6) is 5.75 Å². The number of hydroxylamine groups is 1. The number of nitrogens with one attached hydrogen (secondary N) is 2. The lowest BCUT2D eigenvalue weighted by atomic mass is 10.0. The molecule has 2 N–H and O–H groups in total. The molecule has 2 aromatic carbocycles. The Morgan fingerprint density at radius 3 is 2.49 bits per heavy atom. The van der Waals surface area contributed by atoms with Gasteiger partial charge in [0.05, 0.1) is 36.8 Å². The quantitative estimate of drug-likeness (QED) is 0.246. The number of benzene rings is 2. The van der Waals surface area contributed by atoms with E-state index in [1.807, 2.05) is 6.07 Å². The normalized spacial score (nSPS) is 19.6. The topological polar surface area (TPSA) is 98.3 Å². The summed E-state index contributed by atoms with van der Waals surface area (Å²) in [4.78, 5) is 34.1. The van der Waals surface area contributed by atoms with E-state index in [1.165, 1.54) is 23.5 Å². The molecule has 4 heterocycles. The van der Waals surface area contributed by atoms with Gasteiger partial charge in [-0.2, -0.15) is 0 Å². The second-order valence-electron chi connectivity index (χ2n) is 11.9. The molecule has 11 nitrogen and oxygen atoms in total. The van der Waals surface area contributed by atoms with Crippen molar-refractivity contribution in [1.29, 1.82) is 0 Å². The number of hydrogen-bond donors (Lipinski definition) is 2. The van der Waals surface area contributed by atoms with Gasteiger partial charge in [-0.1, -0.05) is 12.6 Å². The van der Waals surface area contributed by atoms with Gasteiger partial charge in [0, 0.05) is 69.4 Å². The third-order valence-electron chi connectivity index (χ3n) is 9.09. The molecule has 0 spiro atoms. The van der Waals surface area contributed by atoms with E-state index >= 15 is 0 Å². The first-order chi connectivity index (χ1) is 22.7. The van der Waals surface area contributed by atoms with Gasteiger partial charge in [-0.15, -0.1) is 0 Å². The van der Waals surface area contributed by atoms with Crippen LogP contribution < -0.4 is 25.3 Å². The number of likely N-dealkylation sites (N-methyl/N-ethyl adjacent to an activating group) is 1. The number of ether oxygens (including phenoxy) is 1. The predicted octanol–water partition coefficient (Wildman–Crippen LogP) is 4.87. The van der Waals surface area contributed by atoms with Gasteiger partial charge in [-0.3, -0.25) is 14.5 Å². The molecule has 3 aliphatic heterocycles. The summed E-state index contributed by atoms with van der Waals surface area (Å²) in [7, 11) is 3.73. The van der Waals surface area contributed by atoms with Crippen molar-refractivity contribution in [3.8, 4) is 5.75 Å². The zero-order valence-electron chi connectivity index (χ0n) is 26.5. The van der Waals surface area contributed by atoms with Gasteiger partial charge in [0.1, 0.15) is 17.9 Å². The zero-order chi connectivity index (χ0) is 33.1. The average Bonchev–Trinajstić information content (AvgIpc) is 3.58. The van der Waals surface area contributed by atoms with Crippen LogP contribution in [0.15, 0.2) is 49.3 Å². The summed E-state index contributed by atoms with van der Waals surface area (Å²) in [5.74, 6) is -3.24. The number of halogens is 3. The fraction of sp³-hybridized carbons (Fsp3) is 0.424. The number of carbonyl (C=O) groups excluding carboxylic acids is 1. The third kappa shape index (κ3) is 6.99. The van der Waals surface area contributed by atoms with Crippen molar-refractivity contribution >= 4 is 34.6 Å². The Kier molecular flexibility index (Phi) is 9.80. The molecule has 1 unspecified atom stereocenters. The van der Waals surface area contributed by atoms with Crippen LogP contribution >= 0.6 is 0 Å². The fourth-order valence-electron chi connectivity index (χ4n) is 6.49. The highest BCUT2D eigenvalue weighted by molar-refractivity contribution is 6.02. The van der Waals surface area contributed by atoms with E-state index in [0.29, 0.717) is 35.4 Å². The molecule has 0 radical (unpaired) electrons. The van der Waals surface area contributed by atoms with Crippen LogP contribution in [0.2, 0.25) is 0 Å². The maximum atomic E-state index is 14.7. The van der Waals surface area contributed by atoms with Crippen LogP contribution in [0.3, 0.4) is 0 Å². The van der Waals surface area contributed by atoms with E-state index in [0.717, 1.165) is 63.9 Å². The van der Waals surface area contributed by atoms with E-state index in [9.17, 15) is 18.0 Å². The lowest BCUT2D eigenvalue weighted by molar-refractivity contribution is -0.111. The van der Waals surface area contributed by atoms with Crippen molar-refractivity contribution in [2.24, 2.45) is 0 Å². The Balaban J connectivity index is 1.23. The first-order valence-electron chi connectivity index (χ1n) is 15.7. The molecular weight excluding hydrogens is 613 g/mol. The molecule has 47 heavy (non-hydrogen) atoms. The SMILES string of the molecule is C=CC(=O)Nc1cc(Nc2cc(N3OCCC3c3ccc(F)c(F)c3F)ncn2)c(OC)cc1N1CCC(N2CCN(C)CC2)CC1. The molecule has 0 aliphatic carbocycles. The lowest BCUT2D eigenvalue weighted by Crippen LogP contribution is -2.52. The molecule has 250 valence electrons. The number of hydrogen-bond acceptors (Lipinski definition) is 10. The van der Waals surface area contributed by atoms with Crippen LogP contribution in [0.4, 0.5) is 41.9 Å². The van der Waals surface area contributed by atoms with Crippen LogP contribution in [-0.2, 0) is 9.63 Å². The minimum Gasteiger partial charge on any atom is -0.494 e. The molecule has 3 saturated heterocycles. The molecule has 14 heteroatoms. The van der Waals surface area contributed by atoms with E-state index in [1.54, 1.807) is 19.2 Å². The van der Waals surface area contributed by atoms with Crippen LogP contribution in [0.1, 0.15) is 30.9 Å². The highest BCUT2D eigenvalue weighted by Crippen LogP contribution is 2.41. The van der Waals surface area contributed by atoms with Crippen LogP contribution in [0.25, 0.3) is 0 Å². The highest BCUT2D eigenvalue weighted by atomic mass is 19.2. The average molecular weight is 653 g/mol. The number of methoxy groups -OCH3 is 1. The summed E-state index contributed by atoms with van der Waals surface area (Å²) in [6.45, 7) is 9.80. The molecular formula is C33H39F3N8O3. The van der Waals surface area contributed by atoms with Crippen molar-refractivity contribution in [1.82, 2.24) is 19.8 Å². The molecule has 0 saturated carbocycles. The summed E-state index contributed by atoms with van der Waals surface area (Å²) in [6.07, 6.45) is 4.89. The first-order valence-corrected chi connectivity index (χ1v) is 15.7. The lowest BCUT2D eigenvalue weighted by Gasteiger charge is -2.43. The number of amides is 1. The summed E-state index contributed by atoms with van der Waals surface area (Å²) in [6, 6.07) is 7.17. The minimum atomic E-state index is -1.53. The van der Waals surface area contributed by atoms with Gasteiger partial charge in [0.2, 0.25) is 5.91 Å². The molecule has 3 fully saturated rings. The number of anilines is 5. The van der Waals surface area contributed by atoms with Crippen molar-refractivity contribution in [2.45, 2.75) is 31.3 Å². The maximum absolute atomic E-state index is 14.7. The van der Waals surface area contributed by atoms with Crippen molar-refractivity contribution in [3.05, 3.63) is 72.3 Å². The van der Waals surface area contributed by atoms with Crippen molar-refractivity contribution in [2.75, 3.05) is 80.6 Å². The minimum absolute atomic E-state index is 0.0399. The van der Waals surface area contributed by atoms with Crippen molar-refractivity contribution < 1.29 is 27.5 Å². The Labute approximate surface area is 271 Å². The molecule has 1 aromatic heterocycles. The van der Waals surface area contributed by atoms with Gasteiger partial charge in [0.25, 0.3) is 0 Å². The Morgan fingerprint density at radius 1 is 1.00 bits per heavy atom.